The molecule has 0 amide bonds. The second-order valence-corrected chi connectivity index (χ2v) is 7.18. The Morgan fingerprint density at radius 3 is 2.47 bits per heavy atom. The molecule has 1 aliphatic rings. The molecule has 1 heterocycles. The molecule has 1 atom stereocenters. The van der Waals surface area contributed by atoms with Gasteiger partial charge in [-0.1, -0.05) is 0 Å². The maximum absolute atomic E-state index is 12.7. The van der Waals surface area contributed by atoms with Crippen molar-refractivity contribution in [2.24, 2.45) is 5.92 Å². The normalized spacial score (nSPS) is 24.4. The van der Waals surface area contributed by atoms with Crippen LogP contribution < -0.4 is 5.73 Å². The summed E-state index contributed by atoms with van der Waals surface area (Å²) in [6.07, 6.45) is 0.737. The highest BCUT2D eigenvalue weighted by atomic mass is 79.9. The topological polar surface area (TPSA) is 52.3 Å². The molecule has 1 aromatic rings. The molecule has 2 N–H and O–H groups in total. The van der Waals surface area contributed by atoms with Gasteiger partial charge in [-0.05, 0) is 68.2 Å². The van der Waals surface area contributed by atoms with Crippen LogP contribution in [0, 0.1) is 5.92 Å². The summed E-state index contributed by atoms with van der Waals surface area (Å²) in [4.78, 5) is 12.7. The SMILES string of the molecule is CC1(C)CC(C(=O)c2ccc(N)c(Br)c2)C(C)(C)O1. The zero-order valence-corrected chi connectivity index (χ0v) is 13.4. The van der Waals surface area contributed by atoms with E-state index in [9.17, 15) is 4.79 Å². The highest BCUT2D eigenvalue weighted by molar-refractivity contribution is 9.10. The summed E-state index contributed by atoms with van der Waals surface area (Å²) in [5, 5.41) is 0. The molecule has 104 valence electrons. The number of benzene rings is 1. The number of carbonyl (C=O) groups is 1. The van der Waals surface area contributed by atoms with Gasteiger partial charge in [-0.2, -0.15) is 0 Å². The number of anilines is 1. The van der Waals surface area contributed by atoms with Crippen LogP contribution in [-0.2, 0) is 4.74 Å². The van der Waals surface area contributed by atoms with Gasteiger partial charge < -0.3 is 10.5 Å². The number of Topliss-reactive ketones (excluding diaryl/α,β-unsaturated/α-hetero) is 1. The predicted molar refractivity (Wildman–Crippen MR) is 80.2 cm³/mol. The van der Waals surface area contributed by atoms with Crippen LogP contribution in [0.1, 0.15) is 44.5 Å². The van der Waals surface area contributed by atoms with E-state index in [1.54, 1.807) is 18.2 Å². The second-order valence-electron chi connectivity index (χ2n) is 6.32. The van der Waals surface area contributed by atoms with Crippen molar-refractivity contribution in [2.45, 2.75) is 45.3 Å². The first-order valence-corrected chi connectivity index (χ1v) is 7.21. The zero-order valence-electron chi connectivity index (χ0n) is 11.8. The molecule has 1 unspecified atom stereocenters. The van der Waals surface area contributed by atoms with Gasteiger partial charge in [0.2, 0.25) is 0 Å². The Morgan fingerprint density at radius 1 is 1.37 bits per heavy atom. The van der Waals surface area contributed by atoms with E-state index in [1.807, 2.05) is 27.7 Å². The molecular formula is C15H20BrNO2. The quantitative estimate of drug-likeness (QED) is 0.664. The van der Waals surface area contributed by atoms with Gasteiger partial charge >= 0.3 is 0 Å². The van der Waals surface area contributed by atoms with E-state index in [1.165, 1.54) is 0 Å². The fourth-order valence-corrected chi connectivity index (χ4v) is 3.23. The Kier molecular flexibility index (Phi) is 3.52. The van der Waals surface area contributed by atoms with Crippen molar-refractivity contribution in [3.8, 4) is 0 Å². The summed E-state index contributed by atoms with van der Waals surface area (Å²) in [5.41, 5.74) is 6.38. The number of ether oxygens (including phenoxy) is 1. The van der Waals surface area contributed by atoms with Gasteiger partial charge in [-0.15, -0.1) is 0 Å². The minimum Gasteiger partial charge on any atom is -0.398 e. The van der Waals surface area contributed by atoms with Crippen molar-refractivity contribution in [1.29, 1.82) is 0 Å². The Bertz CT molecular complexity index is 523. The maximum atomic E-state index is 12.7. The largest absolute Gasteiger partial charge is 0.398 e. The average Bonchev–Trinajstić information content (AvgIpc) is 2.49. The van der Waals surface area contributed by atoms with Crippen LogP contribution in [-0.4, -0.2) is 17.0 Å². The molecule has 1 aromatic carbocycles. The first-order valence-electron chi connectivity index (χ1n) is 6.42. The number of carbonyl (C=O) groups excluding carboxylic acids is 1. The third kappa shape index (κ3) is 2.84. The molecule has 0 radical (unpaired) electrons. The highest BCUT2D eigenvalue weighted by Crippen LogP contribution is 2.43. The number of rotatable bonds is 2. The van der Waals surface area contributed by atoms with Crippen molar-refractivity contribution in [2.75, 3.05) is 5.73 Å². The molecule has 0 aromatic heterocycles. The fourth-order valence-electron chi connectivity index (χ4n) is 2.85. The lowest BCUT2D eigenvalue weighted by Gasteiger charge is -2.26. The summed E-state index contributed by atoms with van der Waals surface area (Å²) in [6, 6.07) is 5.33. The summed E-state index contributed by atoms with van der Waals surface area (Å²) < 4.78 is 6.75. The van der Waals surface area contributed by atoms with Crippen LogP contribution in [0.15, 0.2) is 22.7 Å². The summed E-state index contributed by atoms with van der Waals surface area (Å²) in [7, 11) is 0. The number of hydrogen-bond donors (Lipinski definition) is 1. The molecule has 19 heavy (non-hydrogen) atoms. The lowest BCUT2D eigenvalue weighted by molar-refractivity contribution is -0.0712. The van der Waals surface area contributed by atoms with Crippen LogP contribution in [0.3, 0.4) is 0 Å². The van der Waals surface area contributed by atoms with E-state index >= 15 is 0 Å². The molecule has 2 rings (SSSR count). The van der Waals surface area contributed by atoms with Gasteiger partial charge in [0, 0.05) is 15.7 Å². The minimum atomic E-state index is -0.436. The summed E-state index contributed by atoms with van der Waals surface area (Å²) in [5.74, 6) is -0.00528. The van der Waals surface area contributed by atoms with Gasteiger partial charge in [-0.3, -0.25) is 4.79 Å². The van der Waals surface area contributed by atoms with E-state index < -0.39 is 5.60 Å². The Labute approximate surface area is 122 Å². The third-order valence-corrected chi connectivity index (χ3v) is 4.36. The zero-order chi connectivity index (χ0) is 14.4. The van der Waals surface area contributed by atoms with Crippen molar-refractivity contribution in [3.05, 3.63) is 28.2 Å². The Balaban J connectivity index is 2.31. The molecule has 0 aliphatic carbocycles. The fraction of sp³-hybridized carbons (Fsp3) is 0.533. The molecule has 1 aliphatic heterocycles. The van der Waals surface area contributed by atoms with Crippen LogP contribution in [0.4, 0.5) is 5.69 Å². The van der Waals surface area contributed by atoms with E-state index in [2.05, 4.69) is 15.9 Å². The summed E-state index contributed by atoms with van der Waals surface area (Å²) >= 11 is 3.37. The van der Waals surface area contributed by atoms with Crippen LogP contribution in [0.25, 0.3) is 0 Å². The first kappa shape index (κ1) is 14.5. The van der Waals surface area contributed by atoms with E-state index in [4.69, 9.17) is 10.5 Å². The van der Waals surface area contributed by atoms with E-state index in [-0.39, 0.29) is 17.3 Å². The lowest BCUT2D eigenvalue weighted by atomic mass is 9.81. The lowest BCUT2D eigenvalue weighted by Crippen LogP contribution is -2.33. The first-order chi connectivity index (χ1) is 8.62. The van der Waals surface area contributed by atoms with Crippen LogP contribution in [0.5, 0.6) is 0 Å². The number of nitrogen functional groups attached to an aromatic ring is 1. The maximum Gasteiger partial charge on any atom is 0.168 e. The average molecular weight is 326 g/mol. The highest BCUT2D eigenvalue weighted by Gasteiger charge is 2.49. The molecule has 1 fully saturated rings. The van der Waals surface area contributed by atoms with Gasteiger partial charge in [0.15, 0.2) is 5.78 Å². The second kappa shape index (κ2) is 4.60. The van der Waals surface area contributed by atoms with Crippen molar-refractivity contribution in [3.63, 3.8) is 0 Å². The van der Waals surface area contributed by atoms with E-state index in [0.29, 0.717) is 11.3 Å². The molecule has 0 bridgehead atoms. The molecule has 1 saturated heterocycles. The predicted octanol–water partition coefficient (Wildman–Crippen LogP) is 3.81. The number of halogens is 1. The molecule has 0 spiro atoms. The van der Waals surface area contributed by atoms with Crippen LogP contribution in [0.2, 0.25) is 0 Å². The van der Waals surface area contributed by atoms with Gasteiger partial charge in [0.05, 0.1) is 17.1 Å². The van der Waals surface area contributed by atoms with Crippen molar-refractivity contribution >= 4 is 27.4 Å². The van der Waals surface area contributed by atoms with Gasteiger partial charge in [0.25, 0.3) is 0 Å². The summed E-state index contributed by atoms with van der Waals surface area (Å²) in [6.45, 7) is 8.02. The number of ketones is 1. The van der Waals surface area contributed by atoms with E-state index in [0.717, 1.165) is 10.9 Å². The standard InChI is InChI=1S/C15H20BrNO2/c1-14(2)8-10(15(3,4)19-14)13(18)9-5-6-12(17)11(16)7-9/h5-7,10H,8,17H2,1-4H3. The van der Waals surface area contributed by atoms with Crippen molar-refractivity contribution in [1.82, 2.24) is 0 Å². The van der Waals surface area contributed by atoms with Crippen molar-refractivity contribution < 1.29 is 9.53 Å². The smallest absolute Gasteiger partial charge is 0.168 e. The molecule has 0 saturated carbocycles. The monoisotopic (exact) mass is 325 g/mol. The Hall–Kier alpha value is -0.870. The minimum absolute atomic E-state index is 0.122. The molecular weight excluding hydrogens is 306 g/mol. The Morgan fingerprint density at radius 2 is 2.00 bits per heavy atom. The number of nitrogens with two attached hydrogens (primary N) is 1. The van der Waals surface area contributed by atoms with Crippen LogP contribution >= 0.6 is 15.9 Å². The van der Waals surface area contributed by atoms with Gasteiger partial charge in [-0.25, -0.2) is 0 Å². The number of hydrogen-bond acceptors (Lipinski definition) is 3. The third-order valence-electron chi connectivity index (χ3n) is 3.68. The molecule has 4 heteroatoms. The van der Waals surface area contributed by atoms with Gasteiger partial charge in [0.1, 0.15) is 0 Å². The molecule has 3 nitrogen and oxygen atoms in total.